The number of carbonyl (C=O) groups is 1. The number of hydrogen-bond donors (Lipinski definition) is 2. The number of nitrogens with two attached hydrogens (primary N) is 1. The molecule has 0 radical (unpaired) electrons. The third-order valence-corrected chi connectivity index (χ3v) is 8.34. The minimum Gasteiger partial charge on any atom is -0.299 e. The van der Waals surface area contributed by atoms with E-state index in [4.69, 9.17) is 5.14 Å². The first-order valence-electron chi connectivity index (χ1n) is 8.04. The molecular formula is C16H22N2O5S2. The number of hydrogen-bond acceptors (Lipinski definition) is 5. The van der Waals surface area contributed by atoms with Crippen LogP contribution in [0.4, 0.5) is 5.69 Å². The molecule has 0 unspecified atom stereocenters. The Kier molecular flexibility index (Phi) is 4.05. The van der Waals surface area contributed by atoms with Gasteiger partial charge in [-0.1, -0.05) is 19.9 Å². The van der Waals surface area contributed by atoms with Crippen LogP contribution in [0.15, 0.2) is 29.2 Å². The van der Waals surface area contributed by atoms with Crippen molar-refractivity contribution < 1.29 is 21.6 Å². The first kappa shape index (κ1) is 18.3. The van der Waals surface area contributed by atoms with E-state index in [1.165, 1.54) is 24.3 Å². The van der Waals surface area contributed by atoms with Crippen molar-refractivity contribution in [2.24, 2.45) is 21.9 Å². The molecule has 0 saturated heterocycles. The molecule has 2 aliphatic carbocycles. The topological polar surface area (TPSA) is 123 Å². The summed E-state index contributed by atoms with van der Waals surface area (Å²) in [6.07, 6.45) is 1.86. The van der Waals surface area contributed by atoms with Crippen molar-refractivity contribution >= 4 is 31.5 Å². The van der Waals surface area contributed by atoms with Crippen LogP contribution in [-0.4, -0.2) is 28.4 Å². The molecule has 9 heteroatoms. The Labute approximate surface area is 148 Å². The van der Waals surface area contributed by atoms with E-state index < -0.39 is 25.5 Å². The van der Waals surface area contributed by atoms with E-state index in [1.807, 2.05) is 13.8 Å². The molecule has 0 aromatic heterocycles. The lowest BCUT2D eigenvalue weighted by atomic mass is 9.70. The number of ketones is 1. The summed E-state index contributed by atoms with van der Waals surface area (Å²) in [7, 11) is -7.76. The standard InChI is InChI=1S/C16H22N2O5S2/c1-15(2)11-6-7-16(15,14(19)8-11)10-24(20,21)18-12-4-3-5-13(9-12)25(17,22)23/h3-5,9,11,18H,6-8,10H2,1-2H3,(H2,17,22,23)/t11-,16+/m1/s1. The average molecular weight is 386 g/mol. The number of Topliss-reactive ketones (excluding diaryl/α,β-unsaturated/α-hetero) is 1. The van der Waals surface area contributed by atoms with Crippen molar-refractivity contribution in [3.8, 4) is 0 Å². The normalized spacial score (nSPS) is 28.3. The Bertz CT molecular complexity index is 937. The van der Waals surface area contributed by atoms with Gasteiger partial charge in [0.25, 0.3) is 0 Å². The number of anilines is 1. The third-order valence-electron chi connectivity index (χ3n) is 6.01. The molecule has 25 heavy (non-hydrogen) atoms. The molecule has 1 aromatic rings. The van der Waals surface area contributed by atoms with Gasteiger partial charge in [-0.05, 0) is 42.4 Å². The second-order valence-electron chi connectivity index (χ2n) is 7.60. The Morgan fingerprint density at radius 2 is 1.92 bits per heavy atom. The maximum absolute atomic E-state index is 12.7. The van der Waals surface area contributed by atoms with Crippen LogP contribution in [0.1, 0.15) is 33.1 Å². The highest BCUT2D eigenvalue weighted by atomic mass is 32.2. The number of carbonyl (C=O) groups excluding carboxylic acids is 1. The van der Waals surface area contributed by atoms with E-state index in [0.717, 1.165) is 6.42 Å². The van der Waals surface area contributed by atoms with Gasteiger partial charge in [-0.15, -0.1) is 0 Å². The summed E-state index contributed by atoms with van der Waals surface area (Å²) in [6, 6.07) is 5.32. The molecule has 0 amide bonds. The van der Waals surface area contributed by atoms with Crippen LogP contribution in [0, 0.1) is 16.7 Å². The van der Waals surface area contributed by atoms with Crippen molar-refractivity contribution in [3.63, 3.8) is 0 Å². The van der Waals surface area contributed by atoms with Crippen molar-refractivity contribution in [1.82, 2.24) is 0 Å². The number of fused-ring (bicyclic) bond motifs is 2. The van der Waals surface area contributed by atoms with Gasteiger partial charge in [-0.3, -0.25) is 9.52 Å². The molecule has 2 atom stereocenters. The zero-order valence-electron chi connectivity index (χ0n) is 14.2. The van der Waals surface area contributed by atoms with Crippen molar-refractivity contribution in [2.75, 3.05) is 10.5 Å². The van der Waals surface area contributed by atoms with E-state index in [9.17, 15) is 21.6 Å². The highest BCUT2D eigenvalue weighted by molar-refractivity contribution is 7.92. The van der Waals surface area contributed by atoms with Gasteiger partial charge in [0.15, 0.2) is 0 Å². The maximum atomic E-state index is 12.7. The zero-order chi connectivity index (χ0) is 18.7. The summed E-state index contributed by atoms with van der Waals surface area (Å²) in [4.78, 5) is 12.3. The predicted octanol–water partition coefficient (Wildman–Crippen LogP) is 1.47. The number of sulfonamides is 2. The lowest BCUT2D eigenvalue weighted by Crippen LogP contribution is -2.43. The molecule has 3 N–H and O–H groups in total. The molecule has 2 fully saturated rings. The van der Waals surface area contributed by atoms with Crippen LogP contribution in [0.3, 0.4) is 0 Å². The quantitative estimate of drug-likeness (QED) is 0.793. The molecule has 1 aromatic carbocycles. The van der Waals surface area contributed by atoms with Crippen LogP contribution in [0.25, 0.3) is 0 Å². The number of benzene rings is 1. The smallest absolute Gasteiger partial charge is 0.238 e. The lowest BCUT2D eigenvalue weighted by molar-refractivity contribution is -0.128. The fourth-order valence-corrected chi connectivity index (χ4v) is 6.83. The molecule has 7 nitrogen and oxygen atoms in total. The Morgan fingerprint density at radius 1 is 1.24 bits per heavy atom. The van der Waals surface area contributed by atoms with Gasteiger partial charge in [-0.25, -0.2) is 22.0 Å². The van der Waals surface area contributed by atoms with E-state index >= 15 is 0 Å². The highest BCUT2D eigenvalue weighted by Crippen LogP contribution is 2.64. The molecule has 0 aliphatic heterocycles. The SMILES string of the molecule is CC1(C)[C@@H]2CC[C@]1(CS(=O)(=O)Nc1cccc(S(N)(=O)=O)c1)C(=O)C2. The van der Waals surface area contributed by atoms with Crippen LogP contribution in [0.5, 0.6) is 0 Å². The first-order valence-corrected chi connectivity index (χ1v) is 11.2. The summed E-state index contributed by atoms with van der Waals surface area (Å²) in [5, 5.41) is 5.07. The molecule has 2 saturated carbocycles. The zero-order valence-corrected chi connectivity index (χ0v) is 15.8. The maximum Gasteiger partial charge on any atom is 0.238 e. The minimum atomic E-state index is -3.93. The van der Waals surface area contributed by atoms with Crippen LogP contribution < -0.4 is 9.86 Å². The molecule has 2 bridgehead atoms. The first-order chi connectivity index (χ1) is 11.4. The van der Waals surface area contributed by atoms with E-state index in [2.05, 4.69) is 4.72 Å². The molecule has 3 rings (SSSR count). The lowest BCUT2D eigenvalue weighted by Gasteiger charge is -2.36. The molecule has 138 valence electrons. The molecule has 0 heterocycles. The van der Waals surface area contributed by atoms with Gasteiger partial charge >= 0.3 is 0 Å². The fourth-order valence-electron chi connectivity index (χ4n) is 4.38. The molecule has 2 aliphatic rings. The van der Waals surface area contributed by atoms with Gasteiger partial charge < -0.3 is 0 Å². The number of primary sulfonamides is 1. The van der Waals surface area contributed by atoms with Gasteiger partial charge in [0.2, 0.25) is 20.0 Å². The summed E-state index contributed by atoms with van der Waals surface area (Å²) in [6.45, 7) is 3.93. The Hall–Kier alpha value is -1.45. The van der Waals surface area contributed by atoms with E-state index in [-0.39, 0.29) is 33.5 Å². The second-order valence-corrected chi connectivity index (χ2v) is 10.9. The largest absolute Gasteiger partial charge is 0.299 e. The van der Waals surface area contributed by atoms with Crippen LogP contribution >= 0.6 is 0 Å². The van der Waals surface area contributed by atoms with Gasteiger partial charge in [-0.2, -0.15) is 0 Å². The van der Waals surface area contributed by atoms with Crippen molar-refractivity contribution in [3.05, 3.63) is 24.3 Å². The summed E-state index contributed by atoms with van der Waals surface area (Å²) in [5.41, 5.74) is -1.12. The summed E-state index contributed by atoms with van der Waals surface area (Å²) in [5.74, 6) is -0.0552. The molecule has 0 spiro atoms. The Morgan fingerprint density at radius 3 is 2.44 bits per heavy atom. The van der Waals surface area contributed by atoms with Gasteiger partial charge in [0.1, 0.15) is 5.78 Å². The van der Waals surface area contributed by atoms with Gasteiger partial charge in [0, 0.05) is 12.1 Å². The monoisotopic (exact) mass is 386 g/mol. The van der Waals surface area contributed by atoms with Crippen molar-refractivity contribution in [1.29, 1.82) is 0 Å². The van der Waals surface area contributed by atoms with Crippen LogP contribution in [-0.2, 0) is 24.8 Å². The van der Waals surface area contributed by atoms with E-state index in [0.29, 0.717) is 12.8 Å². The fraction of sp³-hybridized carbons (Fsp3) is 0.562. The van der Waals surface area contributed by atoms with Crippen molar-refractivity contribution in [2.45, 2.75) is 38.0 Å². The average Bonchev–Trinajstić information content (AvgIpc) is 2.79. The van der Waals surface area contributed by atoms with Crippen LogP contribution in [0.2, 0.25) is 0 Å². The summed E-state index contributed by atoms with van der Waals surface area (Å²) < 4.78 is 50.6. The number of nitrogens with one attached hydrogen (secondary N) is 1. The summed E-state index contributed by atoms with van der Waals surface area (Å²) >= 11 is 0. The predicted molar refractivity (Wildman–Crippen MR) is 93.8 cm³/mol. The Balaban J connectivity index is 1.88. The van der Waals surface area contributed by atoms with E-state index in [1.54, 1.807) is 0 Å². The molecular weight excluding hydrogens is 364 g/mol. The minimum absolute atomic E-state index is 0.0115. The third kappa shape index (κ3) is 2.98. The van der Waals surface area contributed by atoms with Gasteiger partial charge in [0.05, 0.1) is 16.1 Å². The second kappa shape index (κ2) is 5.52. The highest BCUT2D eigenvalue weighted by Gasteiger charge is 2.65. The number of rotatable bonds is 5.